The maximum atomic E-state index is 12.4. The molecule has 0 aromatic rings. The van der Waals surface area contributed by atoms with Crippen LogP contribution in [-0.4, -0.2) is 24.0 Å². The van der Waals surface area contributed by atoms with Crippen molar-refractivity contribution in [2.45, 2.75) is 82.8 Å². The van der Waals surface area contributed by atoms with Crippen LogP contribution in [0.15, 0.2) is 0 Å². The van der Waals surface area contributed by atoms with E-state index < -0.39 is 0 Å². The predicted octanol–water partition coefficient (Wildman–Crippen LogP) is 2.60. The first-order chi connectivity index (χ1) is 9.22. The van der Waals surface area contributed by atoms with E-state index in [-0.39, 0.29) is 11.9 Å². The Morgan fingerprint density at radius 1 is 1.05 bits per heavy atom. The van der Waals surface area contributed by atoms with Gasteiger partial charge in [0.25, 0.3) is 0 Å². The van der Waals surface area contributed by atoms with Crippen LogP contribution in [0.4, 0.5) is 0 Å². The first-order valence-electron chi connectivity index (χ1n) is 8.29. The van der Waals surface area contributed by atoms with E-state index in [0.717, 1.165) is 18.3 Å². The van der Waals surface area contributed by atoms with E-state index in [1.54, 1.807) is 0 Å². The highest BCUT2D eigenvalue weighted by atomic mass is 16.2. The molecule has 1 heterocycles. The van der Waals surface area contributed by atoms with Crippen molar-refractivity contribution in [3.05, 3.63) is 0 Å². The third kappa shape index (κ3) is 3.13. The molecule has 3 nitrogen and oxygen atoms in total. The maximum Gasteiger partial charge on any atom is 0.237 e. The van der Waals surface area contributed by atoms with E-state index in [1.807, 2.05) is 0 Å². The fourth-order valence-electron chi connectivity index (χ4n) is 4.39. The Kier molecular flexibility index (Phi) is 4.11. The highest BCUT2D eigenvalue weighted by Gasteiger charge is 2.38. The van der Waals surface area contributed by atoms with Gasteiger partial charge in [-0.2, -0.15) is 0 Å². The van der Waals surface area contributed by atoms with E-state index in [2.05, 4.69) is 17.6 Å². The van der Waals surface area contributed by atoms with Crippen LogP contribution < -0.4 is 10.6 Å². The molecular weight excluding hydrogens is 236 g/mol. The van der Waals surface area contributed by atoms with Gasteiger partial charge >= 0.3 is 0 Å². The molecule has 19 heavy (non-hydrogen) atoms. The SMILES string of the molecule is CC1CCCC(NC(=O)C2CC3CCCCC3N2)C1. The number of hydrogen-bond acceptors (Lipinski definition) is 2. The van der Waals surface area contributed by atoms with Gasteiger partial charge in [-0.3, -0.25) is 4.79 Å². The van der Waals surface area contributed by atoms with Gasteiger partial charge < -0.3 is 10.6 Å². The minimum Gasteiger partial charge on any atom is -0.352 e. The standard InChI is InChI=1S/C16H28N2O/c1-11-5-4-7-13(9-11)17-16(19)15-10-12-6-2-3-8-14(12)18-15/h11-15,18H,2-10H2,1H3,(H,17,19). The highest BCUT2D eigenvalue weighted by molar-refractivity contribution is 5.82. The molecule has 1 aliphatic heterocycles. The molecule has 0 bridgehead atoms. The Bertz CT molecular complexity index is 317. The molecule has 0 spiro atoms. The first-order valence-corrected chi connectivity index (χ1v) is 8.29. The van der Waals surface area contributed by atoms with Crippen molar-refractivity contribution >= 4 is 5.91 Å². The van der Waals surface area contributed by atoms with E-state index in [0.29, 0.717) is 12.1 Å². The molecule has 3 aliphatic rings. The number of carbonyl (C=O) groups excluding carboxylic acids is 1. The van der Waals surface area contributed by atoms with Crippen molar-refractivity contribution in [2.24, 2.45) is 11.8 Å². The van der Waals surface area contributed by atoms with E-state index in [1.165, 1.54) is 51.4 Å². The summed E-state index contributed by atoms with van der Waals surface area (Å²) in [5.74, 6) is 1.81. The van der Waals surface area contributed by atoms with Crippen LogP contribution in [0.2, 0.25) is 0 Å². The number of nitrogens with one attached hydrogen (secondary N) is 2. The van der Waals surface area contributed by atoms with Gasteiger partial charge in [0.15, 0.2) is 0 Å². The normalized spacial score (nSPS) is 42.7. The molecule has 1 saturated heterocycles. The van der Waals surface area contributed by atoms with Crippen LogP contribution in [0.1, 0.15) is 64.7 Å². The summed E-state index contributed by atoms with van der Waals surface area (Å²) in [5.41, 5.74) is 0. The minimum absolute atomic E-state index is 0.0883. The summed E-state index contributed by atoms with van der Waals surface area (Å²) < 4.78 is 0. The van der Waals surface area contributed by atoms with Crippen molar-refractivity contribution < 1.29 is 4.79 Å². The summed E-state index contributed by atoms with van der Waals surface area (Å²) >= 11 is 0. The molecule has 108 valence electrons. The lowest BCUT2D eigenvalue weighted by Gasteiger charge is -2.28. The van der Waals surface area contributed by atoms with E-state index in [9.17, 15) is 4.79 Å². The largest absolute Gasteiger partial charge is 0.352 e. The van der Waals surface area contributed by atoms with Crippen LogP contribution in [0.5, 0.6) is 0 Å². The molecule has 0 aromatic carbocycles. The van der Waals surface area contributed by atoms with Crippen molar-refractivity contribution in [1.29, 1.82) is 0 Å². The van der Waals surface area contributed by atoms with Crippen LogP contribution in [0.3, 0.4) is 0 Å². The molecule has 2 aliphatic carbocycles. The first kappa shape index (κ1) is 13.4. The summed E-state index contributed by atoms with van der Waals surface area (Å²) in [6.45, 7) is 2.31. The van der Waals surface area contributed by atoms with Crippen molar-refractivity contribution in [3.63, 3.8) is 0 Å². The second-order valence-corrected chi connectivity index (χ2v) is 7.08. The summed E-state index contributed by atoms with van der Waals surface area (Å²) in [4.78, 5) is 12.4. The molecule has 1 amide bonds. The van der Waals surface area contributed by atoms with Gasteiger partial charge in [-0.05, 0) is 43.9 Å². The van der Waals surface area contributed by atoms with Gasteiger partial charge in [-0.25, -0.2) is 0 Å². The molecule has 2 saturated carbocycles. The molecule has 3 rings (SSSR count). The van der Waals surface area contributed by atoms with Gasteiger partial charge in [0.2, 0.25) is 5.91 Å². The number of rotatable bonds is 2. The van der Waals surface area contributed by atoms with Crippen molar-refractivity contribution in [2.75, 3.05) is 0 Å². The summed E-state index contributed by atoms with van der Waals surface area (Å²) in [6.07, 6.45) is 11.3. The van der Waals surface area contributed by atoms with Gasteiger partial charge in [0.1, 0.15) is 0 Å². The molecular formula is C16H28N2O. The highest BCUT2D eigenvalue weighted by Crippen LogP contribution is 2.33. The number of hydrogen-bond donors (Lipinski definition) is 2. The lowest BCUT2D eigenvalue weighted by atomic mass is 9.85. The fourth-order valence-corrected chi connectivity index (χ4v) is 4.39. The summed E-state index contributed by atoms with van der Waals surface area (Å²) in [7, 11) is 0. The average molecular weight is 264 g/mol. The van der Waals surface area contributed by atoms with Crippen LogP contribution in [0.25, 0.3) is 0 Å². The zero-order valence-electron chi connectivity index (χ0n) is 12.2. The third-order valence-electron chi connectivity index (χ3n) is 5.46. The lowest BCUT2D eigenvalue weighted by molar-refractivity contribution is -0.123. The lowest BCUT2D eigenvalue weighted by Crippen LogP contribution is -2.47. The van der Waals surface area contributed by atoms with Gasteiger partial charge in [-0.1, -0.05) is 32.6 Å². The van der Waals surface area contributed by atoms with Crippen LogP contribution in [-0.2, 0) is 4.79 Å². The number of amides is 1. The van der Waals surface area contributed by atoms with Gasteiger partial charge in [0, 0.05) is 12.1 Å². The quantitative estimate of drug-likeness (QED) is 0.805. The summed E-state index contributed by atoms with van der Waals surface area (Å²) in [5, 5.41) is 6.88. The third-order valence-corrected chi connectivity index (χ3v) is 5.46. The second-order valence-electron chi connectivity index (χ2n) is 7.08. The number of carbonyl (C=O) groups is 1. The number of fused-ring (bicyclic) bond motifs is 1. The van der Waals surface area contributed by atoms with Crippen molar-refractivity contribution in [1.82, 2.24) is 10.6 Å². The minimum atomic E-state index is 0.0883. The van der Waals surface area contributed by atoms with E-state index >= 15 is 0 Å². The predicted molar refractivity (Wildman–Crippen MR) is 76.8 cm³/mol. The Morgan fingerprint density at radius 2 is 1.89 bits per heavy atom. The van der Waals surface area contributed by atoms with Gasteiger partial charge in [-0.15, -0.1) is 0 Å². The zero-order valence-corrected chi connectivity index (χ0v) is 12.2. The zero-order chi connectivity index (χ0) is 13.2. The molecule has 3 heteroatoms. The Hall–Kier alpha value is -0.570. The molecule has 2 N–H and O–H groups in total. The van der Waals surface area contributed by atoms with Gasteiger partial charge in [0.05, 0.1) is 6.04 Å². The maximum absolute atomic E-state index is 12.4. The molecule has 3 fully saturated rings. The fraction of sp³-hybridized carbons (Fsp3) is 0.938. The molecule has 5 atom stereocenters. The Balaban J connectivity index is 1.50. The molecule has 0 aromatic heterocycles. The Labute approximate surface area is 116 Å². The van der Waals surface area contributed by atoms with Crippen LogP contribution in [0, 0.1) is 11.8 Å². The molecule has 5 unspecified atom stereocenters. The Morgan fingerprint density at radius 3 is 2.68 bits per heavy atom. The smallest absolute Gasteiger partial charge is 0.237 e. The molecule has 0 radical (unpaired) electrons. The summed E-state index contributed by atoms with van der Waals surface area (Å²) in [6, 6.07) is 1.14. The topological polar surface area (TPSA) is 41.1 Å². The van der Waals surface area contributed by atoms with Crippen molar-refractivity contribution in [3.8, 4) is 0 Å². The monoisotopic (exact) mass is 264 g/mol. The van der Waals surface area contributed by atoms with E-state index in [4.69, 9.17) is 0 Å². The second kappa shape index (κ2) is 5.82. The van der Waals surface area contributed by atoms with Crippen LogP contribution >= 0.6 is 0 Å². The average Bonchev–Trinajstić information content (AvgIpc) is 2.82.